The summed E-state index contributed by atoms with van der Waals surface area (Å²) in [5, 5.41) is 0. The fourth-order valence-corrected chi connectivity index (χ4v) is 1.20. The standard InChI is InChI=1S/C10H16BFO4/c1-9(2)10(3,4)16-11(15-9)7(12)6-8(13)14-5/h6H,1-5H3. The zero-order chi connectivity index (χ0) is 12.6. The highest BCUT2D eigenvalue weighted by Gasteiger charge is 2.53. The summed E-state index contributed by atoms with van der Waals surface area (Å²) < 4.78 is 28.7. The molecule has 0 bridgehead atoms. The number of halogens is 1. The van der Waals surface area contributed by atoms with Crippen molar-refractivity contribution in [1.82, 2.24) is 0 Å². The number of esters is 1. The highest BCUT2D eigenvalue weighted by atomic mass is 19.1. The summed E-state index contributed by atoms with van der Waals surface area (Å²) >= 11 is 0. The Hall–Kier alpha value is -0.875. The second kappa shape index (κ2) is 4.18. The van der Waals surface area contributed by atoms with Crippen molar-refractivity contribution in [3.8, 4) is 0 Å². The summed E-state index contributed by atoms with van der Waals surface area (Å²) in [6.45, 7) is 7.22. The molecule has 0 spiro atoms. The Labute approximate surface area is 94.9 Å². The number of carbonyl (C=O) groups is 1. The molecule has 1 saturated heterocycles. The second-order valence-electron chi connectivity index (χ2n) is 4.64. The molecule has 1 fully saturated rings. The number of hydrogen-bond acceptors (Lipinski definition) is 4. The second-order valence-corrected chi connectivity index (χ2v) is 4.64. The van der Waals surface area contributed by atoms with E-state index in [-0.39, 0.29) is 0 Å². The van der Waals surface area contributed by atoms with Gasteiger partial charge in [-0.15, -0.1) is 0 Å². The molecule has 0 aromatic carbocycles. The monoisotopic (exact) mass is 230 g/mol. The largest absolute Gasteiger partial charge is 0.525 e. The van der Waals surface area contributed by atoms with Crippen LogP contribution in [0, 0.1) is 0 Å². The van der Waals surface area contributed by atoms with Crippen LogP contribution in [0.5, 0.6) is 0 Å². The quantitative estimate of drug-likeness (QED) is 0.411. The molecule has 90 valence electrons. The van der Waals surface area contributed by atoms with Crippen molar-refractivity contribution < 1.29 is 23.2 Å². The average molecular weight is 230 g/mol. The van der Waals surface area contributed by atoms with E-state index in [1.165, 1.54) is 7.11 Å². The van der Waals surface area contributed by atoms with Crippen LogP contribution in [0.25, 0.3) is 0 Å². The van der Waals surface area contributed by atoms with E-state index < -0.39 is 30.0 Å². The summed E-state index contributed by atoms with van der Waals surface area (Å²) in [6, 6.07) is 0. The summed E-state index contributed by atoms with van der Waals surface area (Å²) in [6.07, 6.45) is 0.724. The zero-order valence-electron chi connectivity index (χ0n) is 10.2. The van der Waals surface area contributed by atoms with Gasteiger partial charge in [-0.3, -0.25) is 0 Å². The van der Waals surface area contributed by atoms with Crippen LogP contribution in [-0.4, -0.2) is 31.4 Å². The Kier molecular flexibility index (Phi) is 3.45. The molecule has 0 saturated carbocycles. The number of carbonyl (C=O) groups excluding carboxylic acids is 1. The fraction of sp³-hybridized carbons (Fsp3) is 0.700. The number of hydrogen-bond donors (Lipinski definition) is 0. The van der Waals surface area contributed by atoms with Crippen LogP contribution in [0.3, 0.4) is 0 Å². The van der Waals surface area contributed by atoms with E-state index in [2.05, 4.69) is 4.74 Å². The molecule has 1 aliphatic rings. The third-order valence-electron chi connectivity index (χ3n) is 2.94. The number of methoxy groups -OCH3 is 1. The van der Waals surface area contributed by atoms with Crippen molar-refractivity contribution in [3.63, 3.8) is 0 Å². The summed E-state index contributed by atoms with van der Waals surface area (Å²) in [5.41, 5.74) is -2.04. The normalized spacial score (nSPS) is 23.4. The van der Waals surface area contributed by atoms with Gasteiger partial charge in [-0.25, -0.2) is 9.18 Å². The highest BCUT2D eigenvalue weighted by molar-refractivity contribution is 6.54. The molecule has 0 aromatic rings. The van der Waals surface area contributed by atoms with Crippen molar-refractivity contribution in [2.45, 2.75) is 38.9 Å². The van der Waals surface area contributed by atoms with Gasteiger partial charge in [0.1, 0.15) is 5.73 Å². The molecule has 0 N–H and O–H groups in total. The molecule has 0 radical (unpaired) electrons. The van der Waals surface area contributed by atoms with Gasteiger partial charge in [-0.05, 0) is 27.7 Å². The molecule has 16 heavy (non-hydrogen) atoms. The maximum absolute atomic E-state index is 13.5. The zero-order valence-corrected chi connectivity index (χ0v) is 10.2. The summed E-state index contributed by atoms with van der Waals surface area (Å²) in [4.78, 5) is 10.9. The van der Waals surface area contributed by atoms with Crippen molar-refractivity contribution in [3.05, 3.63) is 11.8 Å². The Morgan fingerprint density at radius 2 is 1.69 bits per heavy atom. The molecule has 0 aromatic heterocycles. The first-order chi connectivity index (χ1) is 7.19. The lowest BCUT2D eigenvalue weighted by Gasteiger charge is -2.32. The first-order valence-corrected chi connectivity index (χ1v) is 5.00. The molecule has 0 unspecified atom stereocenters. The van der Waals surface area contributed by atoms with E-state index in [1.807, 2.05) is 0 Å². The van der Waals surface area contributed by atoms with Gasteiger partial charge in [0.05, 0.1) is 24.4 Å². The van der Waals surface area contributed by atoms with E-state index in [0.717, 1.165) is 6.08 Å². The Morgan fingerprint density at radius 1 is 1.25 bits per heavy atom. The van der Waals surface area contributed by atoms with Crippen LogP contribution < -0.4 is 0 Å². The van der Waals surface area contributed by atoms with Gasteiger partial charge in [-0.1, -0.05) is 0 Å². The topological polar surface area (TPSA) is 44.8 Å². The van der Waals surface area contributed by atoms with E-state index >= 15 is 0 Å². The van der Waals surface area contributed by atoms with Gasteiger partial charge in [0.2, 0.25) is 0 Å². The average Bonchev–Trinajstić information content (AvgIpc) is 2.36. The molecule has 6 heteroatoms. The fourth-order valence-electron chi connectivity index (χ4n) is 1.20. The predicted octanol–water partition coefficient (Wildman–Crippen LogP) is 1.64. The van der Waals surface area contributed by atoms with E-state index in [1.54, 1.807) is 27.7 Å². The van der Waals surface area contributed by atoms with Crippen LogP contribution in [0.2, 0.25) is 0 Å². The van der Waals surface area contributed by atoms with Crippen molar-refractivity contribution in [2.24, 2.45) is 0 Å². The Morgan fingerprint density at radius 3 is 2.06 bits per heavy atom. The van der Waals surface area contributed by atoms with E-state index in [9.17, 15) is 9.18 Å². The minimum absolute atomic E-state index is 0.626. The van der Waals surface area contributed by atoms with E-state index in [0.29, 0.717) is 0 Å². The van der Waals surface area contributed by atoms with Gasteiger partial charge in [0, 0.05) is 0 Å². The predicted molar refractivity (Wildman–Crippen MR) is 57.3 cm³/mol. The molecule has 0 atom stereocenters. The lowest BCUT2D eigenvalue weighted by Crippen LogP contribution is -2.41. The van der Waals surface area contributed by atoms with Crippen LogP contribution in [0.15, 0.2) is 11.8 Å². The summed E-state index contributed by atoms with van der Waals surface area (Å²) in [7, 11) is 0.0280. The summed E-state index contributed by atoms with van der Waals surface area (Å²) in [5.74, 6) is -0.771. The molecular formula is C10H16BFO4. The van der Waals surface area contributed by atoms with Gasteiger partial charge >= 0.3 is 13.1 Å². The smallest absolute Gasteiger partial charge is 0.466 e. The maximum atomic E-state index is 13.5. The third-order valence-corrected chi connectivity index (χ3v) is 2.94. The molecule has 1 heterocycles. The maximum Gasteiger partial charge on any atom is 0.525 e. The van der Waals surface area contributed by atoms with Crippen molar-refractivity contribution in [2.75, 3.05) is 7.11 Å². The minimum atomic E-state index is -1.15. The Balaban J connectivity index is 2.80. The molecule has 0 aliphatic carbocycles. The first kappa shape index (κ1) is 13.2. The minimum Gasteiger partial charge on any atom is -0.466 e. The SMILES string of the molecule is COC(=O)C=C(F)B1OC(C)(C)C(C)(C)O1. The van der Waals surface area contributed by atoms with Crippen molar-refractivity contribution >= 4 is 13.1 Å². The van der Waals surface area contributed by atoms with Crippen LogP contribution in [0.1, 0.15) is 27.7 Å². The van der Waals surface area contributed by atoms with Gasteiger partial charge < -0.3 is 14.0 Å². The molecule has 1 aliphatic heterocycles. The molecule has 0 amide bonds. The van der Waals surface area contributed by atoms with E-state index in [4.69, 9.17) is 9.31 Å². The van der Waals surface area contributed by atoms with Gasteiger partial charge in [0.15, 0.2) is 0 Å². The molecule has 1 rings (SSSR count). The highest BCUT2D eigenvalue weighted by Crippen LogP contribution is 2.38. The van der Waals surface area contributed by atoms with Crippen LogP contribution >= 0.6 is 0 Å². The molecular weight excluding hydrogens is 214 g/mol. The van der Waals surface area contributed by atoms with Gasteiger partial charge in [-0.2, -0.15) is 0 Å². The van der Waals surface area contributed by atoms with Crippen molar-refractivity contribution in [1.29, 1.82) is 0 Å². The van der Waals surface area contributed by atoms with Gasteiger partial charge in [0.25, 0.3) is 0 Å². The molecule has 4 nitrogen and oxygen atoms in total. The lowest BCUT2D eigenvalue weighted by atomic mass is 9.88. The lowest BCUT2D eigenvalue weighted by molar-refractivity contribution is -0.134. The van der Waals surface area contributed by atoms with Crippen LogP contribution in [-0.2, 0) is 18.8 Å². The first-order valence-electron chi connectivity index (χ1n) is 5.00. The van der Waals surface area contributed by atoms with Crippen LogP contribution in [0.4, 0.5) is 4.39 Å². The number of rotatable bonds is 2. The Bertz CT molecular complexity index is 309. The third kappa shape index (κ3) is 2.44. The number of ether oxygens (including phenoxy) is 1.